The highest BCUT2D eigenvalue weighted by molar-refractivity contribution is 7.92. The summed E-state index contributed by atoms with van der Waals surface area (Å²) in [6.45, 7) is 3.97. The average Bonchev–Trinajstić information content (AvgIpc) is 2.75. The van der Waals surface area contributed by atoms with E-state index >= 15 is 0 Å². The van der Waals surface area contributed by atoms with Gasteiger partial charge in [-0.2, -0.15) is 4.31 Å². The van der Waals surface area contributed by atoms with Gasteiger partial charge in [0, 0.05) is 18.8 Å². The van der Waals surface area contributed by atoms with Gasteiger partial charge in [0.1, 0.15) is 5.82 Å². The van der Waals surface area contributed by atoms with Gasteiger partial charge in [0.05, 0.1) is 9.79 Å². The van der Waals surface area contributed by atoms with Crippen molar-refractivity contribution in [3.8, 4) is 0 Å². The van der Waals surface area contributed by atoms with Crippen molar-refractivity contribution in [1.82, 2.24) is 4.31 Å². The minimum absolute atomic E-state index is 0.139. The molecule has 0 radical (unpaired) electrons. The lowest BCUT2D eigenvalue weighted by Gasteiger charge is -2.28. The standard InChI is InChI=1S/C23H23FN2O4S2/c1-16-3-9-22(10-4-16)32(29,30)26-12-11-18-6-8-21(13-19(18)15-26)25-31(27,28)23-14-20(24)7-5-17(23)2/h3-10,13-14,25H,11-12,15H2,1-2H3. The average molecular weight is 475 g/mol. The molecule has 0 unspecified atom stereocenters. The Labute approximate surface area is 187 Å². The van der Waals surface area contributed by atoms with Crippen LogP contribution >= 0.6 is 0 Å². The fourth-order valence-electron chi connectivity index (χ4n) is 3.73. The van der Waals surface area contributed by atoms with E-state index in [9.17, 15) is 21.2 Å². The third-order valence-electron chi connectivity index (χ3n) is 5.53. The van der Waals surface area contributed by atoms with Crippen molar-refractivity contribution < 1.29 is 21.2 Å². The summed E-state index contributed by atoms with van der Waals surface area (Å²) >= 11 is 0. The molecule has 168 valence electrons. The minimum Gasteiger partial charge on any atom is -0.280 e. The molecule has 6 nitrogen and oxygen atoms in total. The summed E-state index contributed by atoms with van der Waals surface area (Å²) in [5.74, 6) is -0.640. The summed E-state index contributed by atoms with van der Waals surface area (Å²) in [6, 6.07) is 15.3. The summed E-state index contributed by atoms with van der Waals surface area (Å²) in [6.07, 6.45) is 0.524. The highest BCUT2D eigenvalue weighted by Crippen LogP contribution is 2.28. The molecule has 0 saturated carbocycles. The predicted octanol–water partition coefficient (Wildman–Crippen LogP) is 3.99. The summed E-state index contributed by atoms with van der Waals surface area (Å²) in [5, 5.41) is 0. The highest BCUT2D eigenvalue weighted by Gasteiger charge is 2.28. The van der Waals surface area contributed by atoms with Crippen molar-refractivity contribution in [2.24, 2.45) is 0 Å². The quantitative estimate of drug-likeness (QED) is 0.606. The van der Waals surface area contributed by atoms with Gasteiger partial charge >= 0.3 is 0 Å². The first kappa shape index (κ1) is 22.4. The molecule has 32 heavy (non-hydrogen) atoms. The van der Waals surface area contributed by atoms with Crippen LogP contribution in [-0.4, -0.2) is 27.7 Å². The lowest BCUT2D eigenvalue weighted by molar-refractivity contribution is 0.391. The Morgan fingerprint density at radius 2 is 1.59 bits per heavy atom. The summed E-state index contributed by atoms with van der Waals surface area (Å²) in [4.78, 5) is 0.0868. The molecular formula is C23H23FN2O4S2. The smallest absolute Gasteiger partial charge is 0.262 e. The number of anilines is 1. The Morgan fingerprint density at radius 3 is 2.31 bits per heavy atom. The topological polar surface area (TPSA) is 83.6 Å². The van der Waals surface area contributed by atoms with Gasteiger partial charge in [0.25, 0.3) is 10.0 Å². The molecule has 0 amide bonds. The molecule has 0 fully saturated rings. The number of nitrogens with one attached hydrogen (secondary N) is 1. The van der Waals surface area contributed by atoms with E-state index in [-0.39, 0.29) is 16.3 Å². The van der Waals surface area contributed by atoms with Crippen LogP contribution in [0.3, 0.4) is 0 Å². The fourth-order valence-corrected chi connectivity index (χ4v) is 6.46. The van der Waals surface area contributed by atoms with Crippen LogP contribution < -0.4 is 4.72 Å². The van der Waals surface area contributed by atoms with E-state index in [4.69, 9.17) is 0 Å². The molecule has 1 aliphatic heterocycles. The van der Waals surface area contributed by atoms with Crippen molar-refractivity contribution in [3.63, 3.8) is 0 Å². The van der Waals surface area contributed by atoms with Gasteiger partial charge in [-0.15, -0.1) is 0 Å². The van der Waals surface area contributed by atoms with Crippen LogP contribution in [0.1, 0.15) is 22.3 Å². The Kier molecular flexibility index (Phi) is 5.83. The van der Waals surface area contributed by atoms with Gasteiger partial charge in [-0.05, 0) is 73.4 Å². The van der Waals surface area contributed by atoms with Crippen LogP contribution in [0.15, 0.2) is 70.5 Å². The second-order valence-electron chi connectivity index (χ2n) is 7.90. The maximum atomic E-state index is 13.6. The molecule has 0 aromatic heterocycles. The Hall–Kier alpha value is -2.75. The van der Waals surface area contributed by atoms with Crippen molar-refractivity contribution >= 4 is 25.7 Å². The fraction of sp³-hybridized carbons (Fsp3) is 0.217. The number of halogens is 1. The zero-order valence-corrected chi connectivity index (χ0v) is 19.3. The maximum Gasteiger partial charge on any atom is 0.262 e. The van der Waals surface area contributed by atoms with Crippen molar-refractivity contribution in [3.05, 3.63) is 88.7 Å². The van der Waals surface area contributed by atoms with Crippen molar-refractivity contribution in [1.29, 1.82) is 0 Å². The van der Waals surface area contributed by atoms with E-state index in [0.717, 1.165) is 22.8 Å². The molecule has 0 atom stereocenters. The van der Waals surface area contributed by atoms with Gasteiger partial charge in [-0.3, -0.25) is 4.72 Å². The van der Waals surface area contributed by atoms with Crippen LogP contribution in [-0.2, 0) is 33.0 Å². The highest BCUT2D eigenvalue weighted by atomic mass is 32.2. The van der Waals surface area contributed by atoms with E-state index in [1.54, 1.807) is 49.4 Å². The predicted molar refractivity (Wildman–Crippen MR) is 121 cm³/mol. The molecule has 1 heterocycles. The number of benzene rings is 3. The van der Waals surface area contributed by atoms with Gasteiger partial charge in [-0.1, -0.05) is 29.8 Å². The van der Waals surface area contributed by atoms with Crippen molar-refractivity contribution in [2.75, 3.05) is 11.3 Å². The van der Waals surface area contributed by atoms with Crippen LogP contribution in [0.25, 0.3) is 0 Å². The third kappa shape index (κ3) is 4.41. The number of aryl methyl sites for hydroxylation is 2. The first-order valence-electron chi connectivity index (χ1n) is 10.0. The van der Waals surface area contributed by atoms with Crippen LogP contribution in [0.4, 0.5) is 10.1 Å². The van der Waals surface area contributed by atoms with E-state index in [1.807, 2.05) is 6.92 Å². The number of hydrogen-bond donors (Lipinski definition) is 1. The molecule has 0 saturated heterocycles. The molecular weight excluding hydrogens is 451 g/mol. The van der Waals surface area contributed by atoms with Gasteiger partial charge in [0.2, 0.25) is 10.0 Å². The zero-order valence-electron chi connectivity index (χ0n) is 17.7. The summed E-state index contributed by atoms with van der Waals surface area (Å²) in [7, 11) is -7.67. The molecule has 9 heteroatoms. The van der Waals surface area contributed by atoms with Crippen LogP contribution in [0.5, 0.6) is 0 Å². The third-order valence-corrected chi connectivity index (χ3v) is 8.92. The van der Waals surface area contributed by atoms with E-state index in [0.29, 0.717) is 24.2 Å². The number of sulfonamides is 2. The number of hydrogen-bond acceptors (Lipinski definition) is 4. The molecule has 3 aromatic carbocycles. The van der Waals surface area contributed by atoms with E-state index in [2.05, 4.69) is 4.72 Å². The Morgan fingerprint density at radius 1 is 0.875 bits per heavy atom. The lowest BCUT2D eigenvalue weighted by Crippen LogP contribution is -2.36. The zero-order chi connectivity index (χ0) is 23.1. The minimum atomic E-state index is -4.00. The van der Waals surface area contributed by atoms with Gasteiger partial charge in [-0.25, -0.2) is 21.2 Å². The number of rotatable bonds is 5. The van der Waals surface area contributed by atoms with Crippen LogP contribution in [0.2, 0.25) is 0 Å². The molecule has 0 bridgehead atoms. The lowest BCUT2D eigenvalue weighted by atomic mass is 10.0. The monoisotopic (exact) mass is 474 g/mol. The maximum absolute atomic E-state index is 13.6. The second-order valence-corrected chi connectivity index (χ2v) is 11.5. The first-order chi connectivity index (χ1) is 15.1. The number of nitrogens with zero attached hydrogens (tertiary/aromatic N) is 1. The summed E-state index contributed by atoms with van der Waals surface area (Å²) in [5.41, 5.74) is 3.38. The van der Waals surface area contributed by atoms with Gasteiger partial charge < -0.3 is 0 Å². The number of fused-ring (bicyclic) bond motifs is 1. The molecule has 1 aliphatic rings. The van der Waals surface area contributed by atoms with Gasteiger partial charge in [0.15, 0.2) is 0 Å². The van der Waals surface area contributed by atoms with Crippen molar-refractivity contribution in [2.45, 2.75) is 36.6 Å². The molecule has 3 aromatic rings. The first-order valence-corrected chi connectivity index (χ1v) is 13.0. The SMILES string of the molecule is Cc1ccc(S(=O)(=O)N2CCc3ccc(NS(=O)(=O)c4cc(F)ccc4C)cc3C2)cc1. The molecule has 4 rings (SSSR count). The molecule has 0 spiro atoms. The Balaban J connectivity index is 1.60. The normalized spacial score (nSPS) is 14.7. The van der Waals surface area contributed by atoms with E-state index in [1.165, 1.54) is 16.4 Å². The van der Waals surface area contributed by atoms with Crippen LogP contribution in [0, 0.1) is 19.7 Å². The largest absolute Gasteiger partial charge is 0.280 e. The van der Waals surface area contributed by atoms with E-state index < -0.39 is 25.9 Å². The molecule has 0 aliphatic carbocycles. The molecule has 1 N–H and O–H groups in total. The summed E-state index contributed by atoms with van der Waals surface area (Å²) < 4.78 is 69.2. The second kappa shape index (κ2) is 8.31. The Bertz CT molecular complexity index is 1390.